The first-order valence-electron chi connectivity index (χ1n) is 5.74. The van der Waals surface area contributed by atoms with Crippen molar-refractivity contribution < 1.29 is 20.1 Å². The van der Waals surface area contributed by atoms with E-state index in [1.54, 1.807) is 18.2 Å². The van der Waals surface area contributed by atoms with Gasteiger partial charge in [0, 0.05) is 18.8 Å². The maximum Gasteiger partial charge on any atom is 0.189 e. The van der Waals surface area contributed by atoms with Crippen LogP contribution >= 0.6 is 0 Å². The summed E-state index contributed by atoms with van der Waals surface area (Å²) in [7, 11) is 0. The van der Waals surface area contributed by atoms with Crippen LogP contribution in [0.15, 0.2) is 48.8 Å². The summed E-state index contributed by atoms with van der Waals surface area (Å²) in [5.74, 6) is -1.33. The molecule has 0 fully saturated rings. The van der Waals surface area contributed by atoms with Crippen LogP contribution in [0.2, 0.25) is 0 Å². The van der Waals surface area contributed by atoms with Gasteiger partial charge in [-0.25, -0.2) is 0 Å². The zero-order valence-corrected chi connectivity index (χ0v) is 10.1. The summed E-state index contributed by atoms with van der Waals surface area (Å²) in [5, 5.41) is 27.1. The predicted octanol–water partition coefficient (Wildman–Crippen LogP) is 0.576. The summed E-state index contributed by atoms with van der Waals surface area (Å²) < 4.78 is 5.03. The Morgan fingerprint density at radius 1 is 1.28 bits per heavy atom. The highest BCUT2D eigenvalue weighted by Gasteiger charge is 2.24. The van der Waals surface area contributed by atoms with Crippen molar-refractivity contribution >= 4 is 0 Å². The molecule has 18 heavy (non-hydrogen) atoms. The summed E-state index contributed by atoms with van der Waals surface area (Å²) in [6.07, 6.45) is 9.93. The van der Waals surface area contributed by atoms with Crippen molar-refractivity contribution in [1.82, 2.24) is 4.98 Å². The molecule has 0 amide bonds. The average Bonchev–Trinajstić information content (AvgIpc) is 2.96. The Morgan fingerprint density at radius 3 is 2.44 bits per heavy atom. The number of aliphatic hydroxyl groups is 3. The van der Waals surface area contributed by atoms with Crippen molar-refractivity contribution in [2.24, 2.45) is 0 Å². The molecule has 0 saturated carbocycles. The second kappa shape index (κ2) is 7.84. The van der Waals surface area contributed by atoms with E-state index in [-0.39, 0.29) is 13.2 Å². The molecule has 0 saturated heterocycles. The number of aromatic nitrogens is 1. The normalized spacial score (nSPS) is 23.3. The number of rotatable bonds is 4. The molecule has 1 aliphatic carbocycles. The molecule has 0 aromatic carbocycles. The SMILES string of the molecule is OCC(O)COC1(O)C=CC=CC1.c1cc[nH]c1. The summed E-state index contributed by atoms with van der Waals surface area (Å²) in [4.78, 5) is 2.86. The lowest BCUT2D eigenvalue weighted by atomic mass is 10.1. The number of nitrogens with one attached hydrogen (secondary N) is 1. The Morgan fingerprint density at radius 2 is 2.00 bits per heavy atom. The molecule has 4 N–H and O–H groups in total. The van der Waals surface area contributed by atoms with Crippen LogP contribution in [0, 0.1) is 0 Å². The molecule has 1 aliphatic rings. The zero-order chi connectivity index (χ0) is 13.3. The second-order valence-electron chi connectivity index (χ2n) is 3.87. The lowest BCUT2D eigenvalue weighted by Gasteiger charge is -2.26. The molecule has 0 radical (unpaired) electrons. The molecule has 5 nitrogen and oxygen atoms in total. The van der Waals surface area contributed by atoms with E-state index < -0.39 is 11.9 Å². The molecule has 0 spiro atoms. The fourth-order valence-corrected chi connectivity index (χ4v) is 1.27. The number of aliphatic hydroxyl groups excluding tert-OH is 2. The molecule has 2 rings (SSSR count). The Bertz CT molecular complexity index is 344. The van der Waals surface area contributed by atoms with Gasteiger partial charge in [0.15, 0.2) is 5.79 Å². The number of hydrogen-bond acceptors (Lipinski definition) is 4. The van der Waals surface area contributed by atoms with E-state index in [4.69, 9.17) is 14.9 Å². The lowest BCUT2D eigenvalue weighted by Crippen LogP contribution is -2.34. The Labute approximate surface area is 106 Å². The molecule has 1 heterocycles. The summed E-state index contributed by atoms with van der Waals surface area (Å²) in [6, 6.07) is 3.89. The lowest BCUT2D eigenvalue weighted by molar-refractivity contribution is -0.182. The Balaban J connectivity index is 0.000000269. The third-order valence-corrected chi connectivity index (χ3v) is 2.25. The van der Waals surface area contributed by atoms with E-state index in [9.17, 15) is 5.11 Å². The monoisotopic (exact) mass is 253 g/mol. The van der Waals surface area contributed by atoms with Crippen LogP contribution < -0.4 is 0 Å². The Kier molecular flexibility index (Phi) is 6.38. The minimum Gasteiger partial charge on any atom is -0.394 e. The molecule has 5 heteroatoms. The number of ether oxygens (including phenoxy) is 1. The minimum absolute atomic E-state index is 0.0782. The van der Waals surface area contributed by atoms with Gasteiger partial charge in [0.05, 0.1) is 13.2 Å². The van der Waals surface area contributed by atoms with Gasteiger partial charge < -0.3 is 25.0 Å². The van der Waals surface area contributed by atoms with E-state index in [0.717, 1.165) is 0 Å². The average molecular weight is 253 g/mol. The molecule has 2 unspecified atom stereocenters. The summed E-state index contributed by atoms with van der Waals surface area (Å²) in [5.41, 5.74) is 0. The maximum atomic E-state index is 9.66. The first kappa shape index (κ1) is 14.7. The topological polar surface area (TPSA) is 85.7 Å². The standard InChI is InChI=1S/C9H14O4.C4H5N/c10-6-8(11)7-13-9(12)4-2-1-3-5-9;1-2-4-5-3-1/h1-4,8,10-12H,5-7H2;1-5H. The van der Waals surface area contributed by atoms with E-state index in [1.807, 2.05) is 24.5 Å². The minimum atomic E-state index is -1.33. The van der Waals surface area contributed by atoms with Gasteiger partial charge in [0.25, 0.3) is 0 Å². The molecule has 0 aliphatic heterocycles. The van der Waals surface area contributed by atoms with E-state index in [2.05, 4.69) is 4.98 Å². The van der Waals surface area contributed by atoms with Crippen molar-refractivity contribution in [3.63, 3.8) is 0 Å². The summed E-state index contributed by atoms with van der Waals surface area (Å²) >= 11 is 0. The van der Waals surface area contributed by atoms with Crippen LogP contribution in [-0.4, -0.2) is 45.4 Å². The number of allylic oxidation sites excluding steroid dienone is 2. The Hall–Kier alpha value is -1.40. The van der Waals surface area contributed by atoms with Gasteiger partial charge in [-0.1, -0.05) is 18.2 Å². The quantitative estimate of drug-likeness (QED) is 0.591. The van der Waals surface area contributed by atoms with Crippen molar-refractivity contribution in [3.05, 3.63) is 48.8 Å². The molecular formula is C13H19NO4. The fourth-order valence-electron chi connectivity index (χ4n) is 1.27. The molecule has 1 aromatic rings. The van der Waals surface area contributed by atoms with Gasteiger partial charge >= 0.3 is 0 Å². The highest BCUT2D eigenvalue weighted by atomic mass is 16.6. The first-order chi connectivity index (χ1) is 8.66. The molecule has 1 aromatic heterocycles. The van der Waals surface area contributed by atoms with Gasteiger partial charge in [0.2, 0.25) is 0 Å². The van der Waals surface area contributed by atoms with Crippen molar-refractivity contribution in [3.8, 4) is 0 Å². The largest absolute Gasteiger partial charge is 0.394 e. The van der Waals surface area contributed by atoms with Crippen LogP contribution in [0.4, 0.5) is 0 Å². The van der Waals surface area contributed by atoms with Crippen LogP contribution in [0.1, 0.15) is 6.42 Å². The van der Waals surface area contributed by atoms with Crippen molar-refractivity contribution in [2.75, 3.05) is 13.2 Å². The summed E-state index contributed by atoms with van der Waals surface area (Å²) in [6.45, 7) is -0.444. The van der Waals surface area contributed by atoms with Crippen LogP contribution in [0.25, 0.3) is 0 Å². The van der Waals surface area contributed by atoms with Crippen molar-refractivity contribution in [1.29, 1.82) is 0 Å². The second-order valence-corrected chi connectivity index (χ2v) is 3.87. The molecule has 0 bridgehead atoms. The van der Waals surface area contributed by atoms with Gasteiger partial charge in [-0.15, -0.1) is 0 Å². The van der Waals surface area contributed by atoms with Gasteiger partial charge in [-0.2, -0.15) is 0 Å². The zero-order valence-electron chi connectivity index (χ0n) is 10.1. The molecular weight excluding hydrogens is 234 g/mol. The van der Waals surface area contributed by atoms with Gasteiger partial charge in [0.1, 0.15) is 6.10 Å². The number of aromatic amines is 1. The predicted molar refractivity (Wildman–Crippen MR) is 67.7 cm³/mol. The number of hydrogen-bond donors (Lipinski definition) is 4. The number of H-pyrrole nitrogens is 1. The van der Waals surface area contributed by atoms with Crippen LogP contribution in [-0.2, 0) is 4.74 Å². The smallest absolute Gasteiger partial charge is 0.189 e. The van der Waals surface area contributed by atoms with E-state index in [1.165, 1.54) is 6.08 Å². The molecule has 2 atom stereocenters. The van der Waals surface area contributed by atoms with Crippen LogP contribution in [0.5, 0.6) is 0 Å². The maximum absolute atomic E-state index is 9.66. The third kappa shape index (κ3) is 5.79. The van der Waals surface area contributed by atoms with E-state index in [0.29, 0.717) is 6.42 Å². The van der Waals surface area contributed by atoms with E-state index >= 15 is 0 Å². The van der Waals surface area contributed by atoms with Gasteiger partial charge in [-0.3, -0.25) is 0 Å². The van der Waals surface area contributed by atoms with Crippen molar-refractivity contribution in [2.45, 2.75) is 18.3 Å². The first-order valence-corrected chi connectivity index (χ1v) is 5.74. The highest BCUT2D eigenvalue weighted by Crippen LogP contribution is 2.18. The van der Waals surface area contributed by atoms with Gasteiger partial charge in [-0.05, 0) is 18.2 Å². The molecule has 100 valence electrons. The third-order valence-electron chi connectivity index (χ3n) is 2.25. The highest BCUT2D eigenvalue weighted by molar-refractivity contribution is 5.14. The van der Waals surface area contributed by atoms with Crippen LogP contribution in [0.3, 0.4) is 0 Å². The fraction of sp³-hybridized carbons (Fsp3) is 0.385.